The summed E-state index contributed by atoms with van der Waals surface area (Å²) in [6, 6.07) is -5.04. The van der Waals surface area contributed by atoms with E-state index >= 15 is 0 Å². The molecule has 0 aromatic rings. The SMILES string of the molecule is CC(=O)N[C@H](C(=O)N[C@H](C(=O)NC(CC(C)C)C(=O)NC(C)C(=O)C(F)(F)F)C(C)C)C(C)C. The summed E-state index contributed by atoms with van der Waals surface area (Å²) in [6.07, 6.45) is -5.03. The summed E-state index contributed by atoms with van der Waals surface area (Å²) >= 11 is 0. The van der Waals surface area contributed by atoms with Crippen molar-refractivity contribution in [3.05, 3.63) is 0 Å². The molecule has 0 spiro atoms. The van der Waals surface area contributed by atoms with Crippen LogP contribution in [-0.4, -0.2) is 59.8 Å². The van der Waals surface area contributed by atoms with Crippen LogP contribution in [-0.2, 0) is 24.0 Å². The van der Waals surface area contributed by atoms with Gasteiger partial charge in [-0.25, -0.2) is 0 Å². The van der Waals surface area contributed by atoms with E-state index in [0.29, 0.717) is 0 Å². The van der Waals surface area contributed by atoms with Gasteiger partial charge in [-0.15, -0.1) is 0 Å². The molecule has 0 saturated heterocycles. The van der Waals surface area contributed by atoms with Crippen molar-refractivity contribution in [1.29, 1.82) is 0 Å². The molecule has 0 radical (unpaired) electrons. The highest BCUT2D eigenvalue weighted by molar-refractivity contribution is 5.96. The van der Waals surface area contributed by atoms with Crippen molar-refractivity contribution in [1.82, 2.24) is 21.3 Å². The van der Waals surface area contributed by atoms with E-state index in [1.807, 2.05) is 5.32 Å². The zero-order valence-electron chi connectivity index (χ0n) is 20.9. The number of nitrogens with one attached hydrogen (secondary N) is 4. The number of carbonyl (C=O) groups is 5. The lowest BCUT2D eigenvalue weighted by atomic mass is 9.98. The van der Waals surface area contributed by atoms with Crippen LogP contribution in [0.25, 0.3) is 0 Å². The minimum atomic E-state index is -5.11. The molecule has 4 amide bonds. The smallest absolute Gasteiger partial charge is 0.344 e. The quantitative estimate of drug-likeness (QED) is 0.326. The van der Waals surface area contributed by atoms with Crippen molar-refractivity contribution in [2.75, 3.05) is 0 Å². The predicted octanol–water partition coefficient (Wildman–Crippen LogP) is 1.45. The number of carbonyl (C=O) groups excluding carboxylic acids is 5. The normalized spacial score (nSPS) is 15.4. The fourth-order valence-corrected chi connectivity index (χ4v) is 3.12. The molecule has 0 aromatic carbocycles. The molecule has 0 bridgehead atoms. The summed E-state index contributed by atoms with van der Waals surface area (Å²) in [7, 11) is 0. The van der Waals surface area contributed by atoms with Crippen LogP contribution < -0.4 is 21.3 Å². The van der Waals surface area contributed by atoms with Crippen molar-refractivity contribution < 1.29 is 37.1 Å². The first-order valence-electron chi connectivity index (χ1n) is 11.2. The maximum atomic E-state index is 13.0. The largest absolute Gasteiger partial charge is 0.452 e. The monoisotopic (exact) mass is 494 g/mol. The maximum Gasteiger partial charge on any atom is 0.452 e. The number of ketones is 1. The average Bonchev–Trinajstić information content (AvgIpc) is 2.66. The molecule has 0 fully saturated rings. The number of amides is 4. The molecule has 0 aliphatic rings. The van der Waals surface area contributed by atoms with Gasteiger partial charge in [0.15, 0.2) is 0 Å². The van der Waals surface area contributed by atoms with Gasteiger partial charge in [-0.2, -0.15) is 13.2 Å². The summed E-state index contributed by atoms with van der Waals surface area (Å²) in [5.41, 5.74) is 0. The second-order valence-electron chi connectivity index (χ2n) is 9.44. The van der Waals surface area contributed by atoms with Gasteiger partial charge in [-0.1, -0.05) is 41.5 Å². The Hall–Kier alpha value is -2.66. The van der Waals surface area contributed by atoms with Gasteiger partial charge in [-0.05, 0) is 31.1 Å². The fraction of sp³-hybridized carbons (Fsp3) is 0.773. The molecule has 4 atom stereocenters. The molecular formula is C22H37F3N4O5. The molecule has 9 nitrogen and oxygen atoms in total. The standard InChI is InChI=1S/C22H37F3N4O5/c1-10(2)9-15(19(32)26-13(7)18(31)22(23,24)25)28-20(33)17(12(5)6)29-21(34)16(11(3)4)27-14(8)30/h10-13,15-17H,9H2,1-8H3,(H,26,32)(H,27,30)(H,28,33)(H,29,34)/t13?,15?,16-,17-/m0/s1. The van der Waals surface area contributed by atoms with Crippen molar-refractivity contribution >= 4 is 29.4 Å². The van der Waals surface area contributed by atoms with Gasteiger partial charge in [0.25, 0.3) is 5.78 Å². The lowest BCUT2D eigenvalue weighted by Gasteiger charge is -2.29. The zero-order chi connectivity index (χ0) is 27.0. The molecule has 0 rings (SSSR count). The Labute approximate surface area is 198 Å². The lowest BCUT2D eigenvalue weighted by Crippen LogP contribution is -2.59. The van der Waals surface area contributed by atoms with Crippen molar-refractivity contribution in [3.8, 4) is 0 Å². The second kappa shape index (κ2) is 13.3. The molecule has 12 heteroatoms. The molecular weight excluding hydrogens is 457 g/mol. The summed E-state index contributed by atoms with van der Waals surface area (Å²) in [4.78, 5) is 61.1. The number of hydrogen-bond acceptors (Lipinski definition) is 5. The fourth-order valence-electron chi connectivity index (χ4n) is 3.12. The summed E-state index contributed by atoms with van der Waals surface area (Å²) in [5.74, 6) is -5.59. The van der Waals surface area contributed by atoms with Gasteiger partial charge >= 0.3 is 6.18 Å². The Bertz CT molecular complexity index is 753. The van der Waals surface area contributed by atoms with E-state index in [1.165, 1.54) is 6.92 Å². The molecule has 4 N–H and O–H groups in total. The van der Waals surface area contributed by atoms with Gasteiger partial charge < -0.3 is 21.3 Å². The molecule has 0 aliphatic heterocycles. The van der Waals surface area contributed by atoms with E-state index in [9.17, 15) is 37.1 Å². The van der Waals surface area contributed by atoms with Crippen LogP contribution in [0.4, 0.5) is 13.2 Å². The second-order valence-corrected chi connectivity index (χ2v) is 9.44. The maximum absolute atomic E-state index is 13.0. The zero-order valence-corrected chi connectivity index (χ0v) is 20.9. The molecule has 0 aliphatic carbocycles. The highest BCUT2D eigenvalue weighted by Gasteiger charge is 2.42. The number of halogens is 3. The van der Waals surface area contributed by atoms with E-state index in [-0.39, 0.29) is 18.3 Å². The molecule has 0 aromatic heterocycles. The van der Waals surface area contributed by atoms with Crippen LogP contribution in [0.1, 0.15) is 61.8 Å². The third kappa shape index (κ3) is 10.5. The number of hydrogen-bond donors (Lipinski definition) is 4. The number of alkyl halides is 3. The van der Waals surface area contributed by atoms with E-state index in [4.69, 9.17) is 0 Å². The summed E-state index contributed by atoms with van der Waals surface area (Å²) in [6.45, 7) is 12.4. The first-order valence-corrected chi connectivity index (χ1v) is 11.2. The number of Topliss-reactive ketones (excluding diaryl/α,β-unsaturated/α-hetero) is 1. The van der Waals surface area contributed by atoms with Crippen LogP contribution in [0.5, 0.6) is 0 Å². The van der Waals surface area contributed by atoms with Crippen LogP contribution in [0, 0.1) is 17.8 Å². The molecule has 34 heavy (non-hydrogen) atoms. The van der Waals surface area contributed by atoms with E-state index in [0.717, 1.165) is 6.92 Å². The van der Waals surface area contributed by atoms with E-state index in [2.05, 4.69) is 16.0 Å². The lowest BCUT2D eigenvalue weighted by molar-refractivity contribution is -0.173. The van der Waals surface area contributed by atoms with Crippen LogP contribution in [0.2, 0.25) is 0 Å². The molecule has 2 unspecified atom stereocenters. The average molecular weight is 495 g/mol. The van der Waals surface area contributed by atoms with Gasteiger partial charge in [0.1, 0.15) is 18.1 Å². The highest BCUT2D eigenvalue weighted by atomic mass is 19.4. The Morgan fingerprint density at radius 3 is 1.50 bits per heavy atom. The minimum Gasteiger partial charge on any atom is -0.344 e. The van der Waals surface area contributed by atoms with Crippen LogP contribution in [0.3, 0.4) is 0 Å². The van der Waals surface area contributed by atoms with Crippen molar-refractivity contribution in [3.63, 3.8) is 0 Å². The van der Waals surface area contributed by atoms with Gasteiger partial charge in [-0.3, -0.25) is 24.0 Å². The highest BCUT2D eigenvalue weighted by Crippen LogP contribution is 2.18. The third-order valence-electron chi connectivity index (χ3n) is 4.93. The summed E-state index contributed by atoms with van der Waals surface area (Å²) < 4.78 is 38.0. The van der Waals surface area contributed by atoms with E-state index in [1.54, 1.807) is 41.5 Å². The van der Waals surface area contributed by atoms with Crippen LogP contribution in [0.15, 0.2) is 0 Å². The minimum absolute atomic E-state index is 0.0871. The molecule has 0 saturated carbocycles. The van der Waals surface area contributed by atoms with Gasteiger partial charge in [0, 0.05) is 6.92 Å². The van der Waals surface area contributed by atoms with Gasteiger partial charge in [0.05, 0.1) is 6.04 Å². The topological polar surface area (TPSA) is 133 Å². The van der Waals surface area contributed by atoms with Crippen molar-refractivity contribution in [2.24, 2.45) is 17.8 Å². The first-order chi connectivity index (χ1) is 15.4. The van der Waals surface area contributed by atoms with Crippen LogP contribution >= 0.6 is 0 Å². The third-order valence-corrected chi connectivity index (χ3v) is 4.93. The van der Waals surface area contributed by atoms with Gasteiger partial charge in [0.2, 0.25) is 23.6 Å². The summed E-state index contributed by atoms with van der Waals surface area (Å²) in [5, 5.41) is 9.58. The molecule has 196 valence electrons. The first kappa shape index (κ1) is 31.3. The molecule has 0 heterocycles. The van der Waals surface area contributed by atoms with Crippen molar-refractivity contribution in [2.45, 2.75) is 92.2 Å². The Kier molecular flexibility index (Phi) is 12.2. The number of rotatable bonds is 12. The Morgan fingerprint density at radius 2 is 1.12 bits per heavy atom. The van der Waals surface area contributed by atoms with E-state index < -0.39 is 65.7 Å². The predicted molar refractivity (Wildman–Crippen MR) is 119 cm³/mol. The Morgan fingerprint density at radius 1 is 0.676 bits per heavy atom. The Balaban J connectivity index is 5.58.